The Labute approximate surface area is 218 Å². The number of aromatic nitrogens is 4. The van der Waals surface area contributed by atoms with Crippen LogP contribution in [0, 0.1) is 0 Å². The second-order valence-electron chi connectivity index (χ2n) is 8.60. The Bertz CT molecular complexity index is 1620. The molecule has 2 aromatic carbocycles. The van der Waals surface area contributed by atoms with Crippen LogP contribution in [0.3, 0.4) is 0 Å². The standard InChI is InChI=1S/C26H21BrN4O2S2/c27-18-12-10-17(11-13-18)20(32)15-34-26-29-28-25-30(14-16-6-2-1-3-7-16)23(33)22-19-8-4-5-9-21(19)35-24(22)31(25)26/h1-3,6-7,10-13H,4-5,8-9,14-15H2. The molecule has 35 heavy (non-hydrogen) atoms. The van der Waals surface area contributed by atoms with Crippen molar-refractivity contribution in [3.8, 4) is 0 Å². The van der Waals surface area contributed by atoms with Crippen molar-refractivity contribution < 1.29 is 4.79 Å². The molecule has 3 heterocycles. The second-order valence-corrected chi connectivity index (χ2v) is 11.5. The Morgan fingerprint density at radius 3 is 2.60 bits per heavy atom. The number of fused-ring (bicyclic) bond motifs is 5. The van der Waals surface area contributed by atoms with E-state index in [4.69, 9.17) is 0 Å². The third kappa shape index (κ3) is 4.15. The average molecular weight is 566 g/mol. The van der Waals surface area contributed by atoms with Crippen LogP contribution in [-0.2, 0) is 19.4 Å². The van der Waals surface area contributed by atoms with Crippen LogP contribution in [0.25, 0.3) is 16.0 Å². The van der Waals surface area contributed by atoms with Crippen LogP contribution >= 0.6 is 39.0 Å². The van der Waals surface area contributed by atoms with Gasteiger partial charge in [0.25, 0.3) is 5.56 Å². The first kappa shape index (κ1) is 22.7. The molecule has 176 valence electrons. The largest absolute Gasteiger partial charge is 0.293 e. The molecule has 5 aromatic rings. The number of aryl methyl sites for hydroxylation is 2. The number of carbonyl (C=O) groups excluding carboxylic acids is 1. The number of carbonyl (C=O) groups is 1. The maximum absolute atomic E-state index is 13.8. The zero-order chi connectivity index (χ0) is 23.9. The number of hydrogen-bond donors (Lipinski definition) is 0. The Balaban J connectivity index is 1.47. The molecule has 0 atom stereocenters. The third-order valence-corrected chi connectivity index (χ3v) is 9.09. The van der Waals surface area contributed by atoms with Gasteiger partial charge >= 0.3 is 0 Å². The second kappa shape index (κ2) is 9.37. The smallest absolute Gasteiger partial charge is 0.264 e. The van der Waals surface area contributed by atoms with Gasteiger partial charge in [-0.05, 0) is 48.9 Å². The highest BCUT2D eigenvalue weighted by atomic mass is 79.9. The van der Waals surface area contributed by atoms with Crippen LogP contribution < -0.4 is 5.56 Å². The summed E-state index contributed by atoms with van der Waals surface area (Å²) in [6.45, 7) is 0.421. The summed E-state index contributed by atoms with van der Waals surface area (Å²) in [4.78, 5) is 28.8. The van der Waals surface area contributed by atoms with Gasteiger partial charge in [-0.2, -0.15) is 0 Å². The van der Waals surface area contributed by atoms with Gasteiger partial charge in [0.1, 0.15) is 4.83 Å². The van der Waals surface area contributed by atoms with Gasteiger partial charge in [-0.3, -0.25) is 14.2 Å². The molecule has 0 radical (unpaired) electrons. The normalized spacial score (nSPS) is 13.4. The highest BCUT2D eigenvalue weighted by Gasteiger charge is 2.25. The first-order chi connectivity index (χ1) is 17.1. The predicted molar refractivity (Wildman–Crippen MR) is 144 cm³/mol. The van der Waals surface area contributed by atoms with Crippen molar-refractivity contribution >= 4 is 60.8 Å². The van der Waals surface area contributed by atoms with Gasteiger partial charge < -0.3 is 0 Å². The van der Waals surface area contributed by atoms with Gasteiger partial charge in [-0.25, -0.2) is 4.40 Å². The van der Waals surface area contributed by atoms with Crippen molar-refractivity contribution in [1.82, 2.24) is 19.2 Å². The van der Waals surface area contributed by atoms with E-state index in [1.807, 2.05) is 59.0 Å². The zero-order valence-electron chi connectivity index (χ0n) is 18.7. The fraction of sp³-hybridized carbons (Fsp3) is 0.231. The number of nitrogens with zero attached hydrogens (tertiary/aromatic N) is 4. The minimum Gasteiger partial charge on any atom is -0.293 e. The SMILES string of the molecule is O=C(CSc1nnc2n(Cc3ccccc3)c(=O)c3c4c(sc3n12)CCCC4)c1ccc(Br)cc1. The van der Waals surface area contributed by atoms with E-state index in [1.165, 1.54) is 22.2 Å². The summed E-state index contributed by atoms with van der Waals surface area (Å²) < 4.78 is 4.65. The van der Waals surface area contributed by atoms with Gasteiger partial charge in [0.2, 0.25) is 5.78 Å². The lowest BCUT2D eigenvalue weighted by molar-refractivity contribution is 0.102. The number of rotatable bonds is 6. The van der Waals surface area contributed by atoms with Gasteiger partial charge in [-0.15, -0.1) is 21.5 Å². The Hall–Kier alpha value is -2.75. The lowest BCUT2D eigenvalue weighted by Crippen LogP contribution is -2.24. The van der Waals surface area contributed by atoms with Gasteiger partial charge in [0, 0.05) is 14.9 Å². The summed E-state index contributed by atoms with van der Waals surface area (Å²) in [7, 11) is 0. The minimum atomic E-state index is -0.00866. The van der Waals surface area contributed by atoms with Crippen LogP contribution in [-0.4, -0.2) is 30.7 Å². The van der Waals surface area contributed by atoms with Crippen molar-refractivity contribution in [1.29, 1.82) is 0 Å². The lowest BCUT2D eigenvalue weighted by Gasteiger charge is -2.12. The predicted octanol–water partition coefficient (Wildman–Crippen LogP) is 5.77. The monoisotopic (exact) mass is 564 g/mol. The van der Waals surface area contributed by atoms with Gasteiger partial charge in [0.05, 0.1) is 17.7 Å². The molecule has 9 heteroatoms. The molecule has 0 fully saturated rings. The van der Waals surface area contributed by atoms with E-state index in [0.717, 1.165) is 45.9 Å². The summed E-state index contributed by atoms with van der Waals surface area (Å²) in [5.74, 6) is 0.787. The summed E-state index contributed by atoms with van der Waals surface area (Å²) in [6, 6.07) is 17.3. The topological polar surface area (TPSA) is 69.3 Å². The molecular weight excluding hydrogens is 544 g/mol. The Kier molecular flexibility index (Phi) is 6.07. The molecule has 1 aliphatic rings. The van der Waals surface area contributed by atoms with Crippen LogP contribution in [0.1, 0.15) is 39.2 Å². The molecule has 0 amide bonds. The van der Waals surface area contributed by atoms with E-state index in [1.54, 1.807) is 15.9 Å². The number of halogens is 1. The molecule has 3 aromatic heterocycles. The molecule has 0 saturated heterocycles. The molecule has 1 aliphatic carbocycles. The van der Waals surface area contributed by atoms with Crippen molar-refractivity contribution in [2.45, 2.75) is 37.4 Å². The highest BCUT2D eigenvalue weighted by molar-refractivity contribution is 9.10. The molecule has 0 unspecified atom stereocenters. The maximum Gasteiger partial charge on any atom is 0.264 e. The molecule has 0 bridgehead atoms. The van der Waals surface area contributed by atoms with Crippen molar-refractivity contribution in [3.05, 3.63) is 91.0 Å². The van der Waals surface area contributed by atoms with E-state index >= 15 is 0 Å². The molecule has 6 rings (SSSR count). The van der Waals surface area contributed by atoms with Crippen LogP contribution in [0.15, 0.2) is 69.0 Å². The number of benzene rings is 2. The summed E-state index contributed by atoms with van der Waals surface area (Å²) >= 11 is 6.45. The van der Waals surface area contributed by atoms with E-state index in [9.17, 15) is 9.59 Å². The summed E-state index contributed by atoms with van der Waals surface area (Å²) in [6.07, 6.45) is 4.17. The highest BCUT2D eigenvalue weighted by Crippen LogP contribution is 2.36. The van der Waals surface area contributed by atoms with Crippen molar-refractivity contribution in [2.75, 3.05) is 5.75 Å². The summed E-state index contributed by atoms with van der Waals surface area (Å²) in [5.41, 5.74) is 2.86. The Morgan fingerprint density at radius 1 is 1.03 bits per heavy atom. The van der Waals surface area contributed by atoms with E-state index in [-0.39, 0.29) is 17.1 Å². The molecule has 0 N–H and O–H groups in total. The Morgan fingerprint density at radius 2 is 1.80 bits per heavy atom. The minimum absolute atomic E-state index is 0.00866. The zero-order valence-corrected chi connectivity index (χ0v) is 22.0. The van der Waals surface area contributed by atoms with E-state index in [2.05, 4.69) is 26.1 Å². The van der Waals surface area contributed by atoms with E-state index < -0.39 is 0 Å². The lowest BCUT2D eigenvalue weighted by atomic mass is 9.97. The van der Waals surface area contributed by atoms with Crippen molar-refractivity contribution in [2.24, 2.45) is 0 Å². The van der Waals surface area contributed by atoms with Crippen LogP contribution in [0.5, 0.6) is 0 Å². The molecule has 6 nitrogen and oxygen atoms in total. The summed E-state index contributed by atoms with van der Waals surface area (Å²) in [5, 5.41) is 10.3. The van der Waals surface area contributed by atoms with Gasteiger partial charge in [-0.1, -0.05) is 70.2 Å². The molecule has 0 aliphatic heterocycles. The van der Waals surface area contributed by atoms with Crippen LogP contribution in [0.4, 0.5) is 0 Å². The third-order valence-electron chi connectivity index (χ3n) is 6.35. The number of Topliss-reactive ketones (excluding diaryl/α,β-unsaturated/α-hetero) is 1. The fourth-order valence-electron chi connectivity index (χ4n) is 4.62. The fourth-order valence-corrected chi connectivity index (χ4v) is 7.15. The first-order valence-corrected chi connectivity index (χ1v) is 14.1. The average Bonchev–Trinajstić information content (AvgIpc) is 3.48. The van der Waals surface area contributed by atoms with Gasteiger partial charge in [0.15, 0.2) is 10.9 Å². The number of ketones is 1. The maximum atomic E-state index is 13.8. The first-order valence-electron chi connectivity index (χ1n) is 11.5. The van der Waals surface area contributed by atoms with E-state index in [0.29, 0.717) is 23.0 Å². The van der Waals surface area contributed by atoms with Crippen LogP contribution in [0.2, 0.25) is 0 Å². The number of thioether (sulfide) groups is 1. The number of thiophene rings is 1. The quantitative estimate of drug-likeness (QED) is 0.193. The number of hydrogen-bond acceptors (Lipinski definition) is 6. The van der Waals surface area contributed by atoms with Crippen molar-refractivity contribution in [3.63, 3.8) is 0 Å². The molecular formula is C26H21BrN4O2S2. The molecule has 0 saturated carbocycles. The molecule has 0 spiro atoms.